The minimum Gasteiger partial charge on any atom is -0.322 e. The molecule has 0 saturated carbocycles. The summed E-state index contributed by atoms with van der Waals surface area (Å²) in [5.41, 5.74) is 0.537. The number of aromatic nitrogens is 1. The van der Waals surface area contributed by atoms with Gasteiger partial charge in [0.05, 0.1) is 0 Å². The van der Waals surface area contributed by atoms with Crippen molar-refractivity contribution >= 4 is 39.9 Å². The van der Waals surface area contributed by atoms with Gasteiger partial charge in [-0.1, -0.05) is 12.6 Å². The van der Waals surface area contributed by atoms with Gasteiger partial charge >= 0.3 is 0 Å². The molecule has 0 aliphatic carbocycles. The van der Waals surface area contributed by atoms with Gasteiger partial charge in [0.25, 0.3) is 17.4 Å². The van der Waals surface area contributed by atoms with Crippen LogP contribution >= 0.6 is 0 Å². The van der Waals surface area contributed by atoms with Crippen LogP contribution in [0.2, 0.25) is 0 Å². The number of pyridine rings is 1. The lowest BCUT2D eigenvalue weighted by Crippen LogP contribution is -2.35. The van der Waals surface area contributed by atoms with Gasteiger partial charge in [-0.15, -0.1) is 0 Å². The molecule has 1 aliphatic rings. The Morgan fingerprint density at radius 2 is 1.40 bits per heavy atom. The number of nitrogens with one attached hydrogen (secondary N) is 2. The van der Waals surface area contributed by atoms with Crippen molar-refractivity contribution in [3.05, 3.63) is 51.1 Å². The van der Waals surface area contributed by atoms with Crippen molar-refractivity contribution in [1.82, 2.24) is 10.3 Å². The molecule has 2 N–H and O–H groups in total. The number of hydrogen-bond acceptors (Lipinski definition) is 3. The molecule has 3 aromatic rings. The summed E-state index contributed by atoms with van der Waals surface area (Å²) in [5.74, 6) is -0.884. The van der Waals surface area contributed by atoms with E-state index in [1.54, 1.807) is 24.3 Å². The Kier molecular flexibility index (Phi) is 1.82. The zero-order valence-electron chi connectivity index (χ0n) is 10.2. The van der Waals surface area contributed by atoms with E-state index in [1.807, 2.05) is 0 Å². The summed E-state index contributed by atoms with van der Waals surface area (Å²) in [6, 6.07) is 6.56. The summed E-state index contributed by atoms with van der Waals surface area (Å²) in [6.07, 6.45) is 0. The van der Waals surface area contributed by atoms with Crippen LogP contribution in [0.5, 0.6) is 0 Å². The Morgan fingerprint density at radius 3 is 2.05 bits per heavy atom. The highest BCUT2D eigenvalue weighted by molar-refractivity contribution is 6.30. The van der Waals surface area contributed by atoms with Gasteiger partial charge in [-0.2, -0.15) is 0 Å². The second kappa shape index (κ2) is 3.33. The number of rotatable bonds is 0. The predicted octanol–water partition coefficient (Wildman–Crippen LogP) is 0.694. The van der Waals surface area contributed by atoms with E-state index >= 15 is 0 Å². The van der Waals surface area contributed by atoms with Crippen LogP contribution in [0.3, 0.4) is 0 Å². The molecule has 0 atom stereocenters. The molecular weight excluding hydrogens is 256 g/mol. The van der Waals surface area contributed by atoms with Crippen molar-refractivity contribution in [2.75, 3.05) is 0 Å². The molecule has 5 nitrogen and oxygen atoms in total. The summed E-state index contributed by atoms with van der Waals surface area (Å²) >= 11 is 0. The van der Waals surface area contributed by atoms with E-state index in [-0.39, 0.29) is 5.56 Å². The van der Waals surface area contributed by atoms with Crippen molar-refractivity contribution in [3.8, 4) is 0 Å². The van der Waals surface area contributed by atoms with E-state index in [9.17, 15) is 14.4 Å². The van der Waals surface area contributed by atoms with Gasteiger partial charge in [-0.05, 0) is 18.2 Å². The first kappa shape index (κ1) is 10.9. The summed E-state index contributed by atoms with van der Waals surface area (Å²) in [5, 5.41) is 5.12. The molecule has 0 spiro atoms. The number of benzene rings is 2. The van der Waals surface area contributed by atoms with E-state index in [0.717, 1.165) is 5.39 Å². The summed E-state index contributed by atoms with van der Waals surface area (Å²) in [7, 11) is 0. The van der Waals surface area contributed by atoms with Crippen LogP contribution in [-0.4, -0.2) is 16.8 Å². The van der Waals surface area contributed by atoms with Crippen LogP contribution in [-0.2, 0) is 0 Å². The second-order valence-electron chi connectivity index (χ2n) is 4.79. The first-order chi connectivity index (χ1) is 9.58. The van der Waals surface area contributed by atoms with Crippen LogP contribution in [0, 0.1) is 0 Å². The van der Waals surface area contributed by atoms with E-state index in [1.165, 1.54) is 0 Å². The first-order valence-electron chi connectivity index (χ1n) is 6.04. The summed E-state index contributed by atoms with van der Waals surface area (Å²) in [4.78, 5) is 38.5. The molecule has 2 aromatic carbocycles. The Hall–Kier alpha value is -2.95. The molecule has 0 fully saturated rings. The molecule has 20 heavy (non-hydrogen) atoms. The topological polar surface area (TPSA) is 79.0 Å². The maximum Gasteiger partial charge on any atom is 0.258 e. The van der Waals surface area contributed by atoms with Crippen molar-refractivity contribution in [1.29, 1.82) is 0 Å². The second-order valence-corrected chi connectivity index (χ2v) is 4.79. The van der Waals surface area contributed by atoms with Gasteiger partial charge in [0.2, 0.25) is 0 Å². The number of amides is 2. The Bertz CT molecular complexity index is 969. The number of hydrogen-bond donors (Lipinski definition) is 2. The smallest absolute Gasteiger partial charge is 0.258 e. The molecule has 4 rings (SSSR count). The molecule has 5 heteroatoms. The van der Waals surface area contributed by atoms with Crippen molar-refractivity contribution in [2.45, 2.75) is 0 Å². The molecule has 2 amide bonds. The largest absolute Gasteiger partial charge is 0.322 e. The highest BCUT2D eigenvalue weighted by Gasteiger charge is 2.26. The molecule has 1 aromatic heterocycles. The Labute approximate surface area is 111 Å². The van der Waals surface area contributed by atoms with Gasteiger partial charge in [0.15, 0.2) is 0 Å². The lowest BCUT2D eigenvalue weighted by atomic mass is 9.91. The lowest BCUT2D eigenvalue weighted by molar-refractivity contribution is 0.0845. The van der Waals surface area contributed by atoms with Crippen LogP contribution in [0.1, 0.15) is 20.7 Å². The number of carbonyl (C=O) groups excluding carboxylic acids is 2. The highest BCUT2D eigenvalue weighted by Crippen LogP contribution is 2.31. The van der Waals surface area contributed by atoms with Crippen LogP contribution in [0.25, 0.3) is 28.1 Å². The van der Waals surface area contributed by atoms with Gasteiger partial charge in [0, 0.05) is 38.0 Å². The van der Waals surface area contributed by atoms with Gasteiger partial charge < -0.3 is 4.98 Å². The highest BCUT2D eigenvalue weighted by atomic mass is 16.2. The molecule has 0 saturated heterocycles. The van der Waals surface area contributed by atoms with Crippen LogP contribution < -0.4 is 16.2 Å². The SMILES string of the molecule is C=c1[nH]c(=O)c2ccc3c4c(ccc1c42)C(=O)NC3=O. The van der Waals surface area contributed by atoms with Gasteiger partial charge in [-0.3, -0.25) is 19.7 Å². The minimum absolute atomic E-state index is 0.273. The van der Waals surface area contributed by atoms with Crippen LogP contribution in [0.15, 0.2) is 29.1 Å². The molecule has 2 heterocycles. The van der Waals surface area contributed by atoms with Crippen molar-refractivity contribution in [3.63, 3.8) is 0 Å². The monoisotopic (exact) mass is 264 g/mol. The third-order valence-electron chi connectivity index (χ3n) is 3.71. The fourth-order valence-corrected chi connectivity index (χ4v) is 2.82. The molecule has 0 bridgehead atoms. The standard InChI is InChI=1S/C15H8N2O3/c1-6-7-2-3-9-12-10(15(20)17-14(9)19)5-4-8(11(7)12)13(18)16-6/h2-5H,1H2,(H,16,18)(H,17,19,20). The maximum absolute atomic E-state index is 12.0. The maximum atomic E-state index is 12.0. The van der Waals surface area contributed by atoms with Crippen molar-refractivity contribution in [2.24, 2.45) is 0 Å². The normalized spacial score (nSPS) is 14.0. The van der Waals surface area contributed by atoms with Crippen molar-refractivity contribution < 1.29 is 9.59 Å². The first-order valence-corrected chi connectivity index (χ1v) is 6.04. The lowest BCUT2D eigenvalue weighted by Gasteiger charge is -2.18. The van der Waals surface area contributed by atoms with E-state index in [2.05, 4.69) is 16.9 Å². The minimum atomic E-state index is -0.442. The van der Waals surface area contributed by atoms with Gasteiger partial charge in [-0.25, -0.2) is 0 Å². The predicted molar refractivity (Wildman–Crippen MR) is 74.6 cm³/mol. The average Bonchev–Trinajstić information content (AvgIpc) is 2.42. The summed E-state index contributed by atoms with van der Waals surface area (Å²) in [6.45, 7) is 3.81. The fourth-order valence-electron chi connectivity index (χ4n) is 2.82. The third kappa shape index (κ3) is 1.14. The van der Waals surface area contributed by atoms with E-state index in [0.29, 0.717) is 32.6 Å². The number of imide groups is 1. The zero-order chi connectivity index (χ0) is 14.0. The molecule has 1 aliphatic heterocycles. The van der Waals surface area contributed by atoms with Gasteiger partial charge in [0.1, 0.15) is 0 Å². The molecule has 96 valence electrons. The van der Waals surface area contributed by atoms with E-state index in [4.69, 9.17) is 0 Å². The Morgan fingerprint density at radius 1 is 0.800 bits per heavy atom. The molecule has 0 radical (unpaired) electrons. The third-order valence-corrected chi connectivity index (χ3v) is 3.71. The fraction of sp³-hybridized carbons (Fsp3) is 0. The van der Waals surface area contributed by atoms with E-state index < -0.39 is 11.8 Å². The van der Waals surface area contributed by atoms with Crippen LogP contribution in [0.4, 0.5) is 0 Å². The zero-order valence-corrected chi connectivity index (χ0v) is 10.2. The Balaban J connectivity index is 2.45. The number of carbonyl (C=O) groups is 2. The number of H-pyrrole nitrogens is 1. The quantitative estimate of drug-likeness (QED) is 0.586. The summed E-state index contributed by atoms with van der Waals surface area (Å²) < 4.78 is 0. The number of aromatic amines is 1. The molecule has 0 unspecified atom stereocenters. The average molecular weight is 264 g/mol. The molecular formula is C15H8N2O3.